The van der Waals surface area contributed by atoms with Crippen molar-refractivity contribution < 1.29 is 8.42 Å². The normalized spacial score (nSPS) is 17.1. The molecule has 0 amide bonds. The summed E-state index contributed by atoms with van der Waals surface area (Å²) in [6.07, 6.45) is 1.22. The Bertz CT molecular complexity index is 1290. The van der Waals surface area contributed by atoms with E-state index < -0.39 is 10.0 Å². The second-order valence-corrected chi connectivity index (χ2v) is 10.3. The zero-order valence-corrected chi connectivity index (χ0v) is 18.0. The highest BCUT2D eigenvalue weighted by molar-refractivity contribution is 7.90. The second-order valence-electron chi connectivity index (χ2n) is 8.53. The van der Waals surface area contributed by atoms with Gasteiger partial charge in [-0.05, 0) is 49.4 Å². The Kier molecular flexibility index (Phi) is 4.69. The van der Waals surface area contributed by atoms with Gasteiger partial charge in [-0.25, -0.2) is 17.8 Å². The molecule has 8 heteroatoms. The molecule has 0 radical (unpaired) electrons. The number of nitrogens with zero attached hydrogens (tertiary/aromatic N) is 2. The lowest BCUT2D eigenvalue weighted by Crippen LogP contribution is -2.33. The highest BCUT2D eigenvalue weighted by Crippen LogP contribution is 2.41. The monoisotopic (exact) mass is 423 g/mol. The summed E-state index contributed by atoms with van der Waals surface area (Å²) in [5.41, 5.74) is 11.7. The number of aryl methyl sites for hydroxylation is 1. The van der Waals surface area contributed by atoms with Crippen molar-refractivity contribution in [1.29, 1.82) is 5.41 Å². The molecule has 1 aliphatic carbocycles. The number of benzene rings is 2. The average molecular weight is 424 g/mol. The molecule has 3 aromatic rings. The van der Waals surface area contributed by atoms with Crippen molar-refractivity contribution in [3.05, 3.63) is 65.4 Å². The third kappa shape index (κ3) is 3.37. The molecule has 0 aliphatic heterocycles. The fraction of sp³-hybridized carbons (Fsp3) is 0.273. The molecule has 7 nitrogen and oxygen atoms in total. The maximum Gasteiger partial charge on any atom is 0.268 e. The van der Waals surface area contributed by atoms with Gasteiger partial charge in [0.15, 0.2) is 0 Å². The maximum absolute atomic E-state index is 13.7. The minimum absolute atomic E-state index is 0.211. The van der Waals surface area contributed by atoms with E-state index in [1.165, 1.54) is 3.97 Å². The van der Waals surface area contributed by atoms with Gasteiger partial charge in [0, 0.05) is 16.6 Å². The quantitative estimate of drug-likeness (QED) is 0.340. The zero-order valence-electron chi connectivity index (χ0n) is 17.2. The molecule has 1 aliphatic rings. The molecule has 0 fully saturated rings. The number of aromatic nitrogens is 1. The Hall–Kier alpha value is -3.13. The van der Waals surface area contributed by atoms with Crippen LogP contribution in [0.3, 0.4) is 0 Å². The van der Waals surface area contributed by atoms with Gasteiger partial charge in [0.2, 0.25) is 5.96 Å². The largest absolute Gasteiger partial charge is 0.369 e. The first-order chi connectivity index (χ1) is 14.1. The summed E-state index contributed by atoms with van der Waals surface area (Å²) in [6, 6.07) is 14.2. The van der Waals surface area contributed by atoms with E-state index in [-0.39, 0.29) is 16.3 Å². The Morgan fingerprint density at radius 3 is 2.53 bits per heavy atom. The molecule has 0 bridgehead atoms. The number of fused-ring (bicyclic) bond motifs is 3. The number of hydrazone groups is 1. The summed E-state index contributed by atoms with van der Waals surface area (Å²) in [5, 5.41) is 12.7. The van der Waals surface area contributed by atoms with Crippen LogP contribution in [0.15, 0.2) is 58.5 Å². The van der Waals surface area contributed by atoms with Crippen LogP contribution in [0.2, 0.25) is 0 Å². The van der Waals surface area contributed by atoms with E-state index in [2.05, 4.69) is 24.4 Å². The topological polar surface area (TPSA) is 113 Å². The van der Waals surface area contributed by atoms with Gasteiger partial charge in [-0.2, -0.15) is 5.10 Å². The first kappa shape index (κ1) is 20.2. The van der Waals surface area contributed by atoms with Crippen molar-refractivity contribution in [1.82, 2.24) is 9.40 Å². The van der Waals surface area contributed by atoms with Gasteiger partial charge in [0.25, 0.3) is 10.0 Å². The van der Waals surface area contributed by atoms with E-state index in [1.807, 2.05) is 25.1 Å². The van der Waals surface area contributed by atoms with Gasteiger partial charge in [0.1, 0.15) is 0 Å². The molecule has 0 spiro atoms. The zero-order chi connectivity index (χ0) is 21.7. The SMILES string of the molecule is Cc1ccc2c(c1)c1c(n2S(=O)(=O)c2ccccc2)CC(C)(C)C/C1=N\NC(=N)N. The van der Waals surface area contributed by atoms with E-state index in [9.17, 15) is 8.42 Å². The first-order valence-electron chi connectivity index (χ1n) is 9.72. The van der Waals surface area contributed by atoms with E-state index in [4.69, 9.17) is 11.1 Å². The Balaban J connectivity index is 2.09. The number of guanidine groups is 1. The van der Waals surface area contributed by atoms with Gasteiger partial charge in [-0.15, -0.1) is 0 Å². The van der Waals surface area contributed by atoms with Crippen LogP contribution in [0, 0.1) is 17.7 Å². The molecule has 156 valence electrons. The number of nitrogens with one attached hydrogen (secondary N) is 2. The lowest BCUT2D eigenvalue weighted by molar-refractivity contribution is 0.367. The summed E-state index contributed by atoms with van der Waals surface area (Å²) in [6.45, 7) is 6.15. The fourth-order valence-electron chi connectivity index (χ4n) is 4.16. The van der Waals surface area contributed by atoms with Crippen LogP contribution in [0.4, 0.5) is 0 Å². The lowest BCUT2D eigenvalue weighted by Gasteiger charge is -2.31. The predicted molar refractivity (Wildman–Crippen MR) is 119 cm³/mol. The average Bonchev–Trinajstić information content (AvgIpc) is 2.99. The van der Waals surface area contributed by atoms with Crippen molar-refractivity contribution in [3.8, 4) is 0 Å². The highest BCUT2D eigenvalue weighted by atomic mass is 32.2. The maximum atomic E-state index is 13.7. The molecule has 4 rings (SSSR count). The number of hydrogen-bond donors (Lipinski definition) is 3. The van der Waals surface area contributed by atoms with Crippen molar-refractivity contribution in [3.63, 3.8) is 0 Å². The van der Waals surface area contributed by atoms with E-state index >= 15 is 0 Å². The lowest BCUT2D eigenvalue weighted by atomic mass is 9.75. The third-order valence-corrected chi connectivity index (χ3v) is 7.11. The van der Waals surface area contributed by atoms with Crippen LogP contribution < -0.4 is 11.2 Å². The molecule has 0 saturated heterocycles. The molecule has 30 heavy (non-hydrogen) atoms. The summed E-state index contributed by atoms with van der Waals surface area (Å²) in [4.78, 5) is 0.244. The number of hydrogen-bond acceptors (Lipinski definition) is 4. The molecule has 0 atom stereocenters. The molecule has 1 heterocycles. The molecule has 0 unspecified atom stereocenters. The first-order valence-corrected chi connectivity index (χ1v) is 11.2. The van der Waals surface area contributed by atoms with Crippen LogP contribution in [0.25, 0.3) is 10.9 Å². The van der Waals surface area contributed by atoms with Crippen LogP contribution >= 0.6 is 0 Å². The van der Waals surface area contributed by atoms with Gasteiger partial charge < -0.3 is 5.73 Å². The van der Waals surface area contributed by atoms with Gasteiger partial charge >= 0.3 is 0 Å². The van der Waals surface area contributed by atoms with Gasteiger partial charge in [-0.1, -0.05) is 43.7 Å². The van der Waals surface area contributed by atoms with E-state index in [1.54, 1.807) is 30.3 Å². The molecular weight excluding hydrogens is 398 g/mol. The summed E-state index contributed by atoms with van der Waals surface area (Å²) >= 11 is 0. The van der Waals surface area contributed by atoms with Gasteiger partial charge in [0.05, 0.1) is 16.1 Å². The van der Waals surface area contributed by atoms with E-state index in [0.29, 0.717) is 29.8 Å². The molecule has 1 aromatic heterocycles. The van der Waals surface area contributed by atoms with E-state index in [0.717, 1.165) is 16.5 Å². The fourth-order valence-corrected chi connectivity index (χ4v) is 5.74. The molecule has 4 N–H and O–H groups in total. The van der Waals surface area contributed by atoms with Crippen molar-refractivity contribution in [2.45, 2.75) is 38.5 Å². The second kappa shape index (κ2) is 6.98. The number of rotatable bonds is 3. The Labute approximate surface area is 176 Å². The van der Waals surface area contributed by atoms with Crippen molar-refractivity contribution in [2.75, 3.05) is 0 Å². The standard InChI is InChI=1S/C22H25N5O2S/c1-14-9-10-18-16(11-14)20-17(25-26-21(23)24)12-22(2,3)13-19(20)27(18)30(28,29)15-7-5-4-6-8-15/h4-11H,12-13H2,1-3H3,(H4,23,24,26)/b25-17+. The highest BCUT2D eigenvalue weighted by Gasteiger charge is 2.37. The minimum atomic E-state index is -3.81. The van der Waals surface area contributed by atoms with Crippen LogP contribution in [0.1, 0.15) is 37.1 Å². The predicted octanol–water partition coefficient (Wildman–Crippen LogP) is 3.35. The summed E-state index contributed by atoms with van der Waals surface area (Å²) in [5.74, 6) is -0.260. The Morgan fingerprint density at radius 2 is 1.87 bits per heavy atom. The summed E-state index contributed by atoms with van der Waals surface area (Å²) in [7, 11) is -3.81. The molecule has 2 aromatic carbocycles. The molecule has 0 saturated carbocycles. The van der Waals surface area contributed by atoms with Gasteiger partial charge in [-0.3, -0.25) is 5.41 Å². The van der Waals surface area contributed by atoms with Crippen molar-refractivity contribution >= 4 is 32.6 Å². The smallest absolute Gasteiger partial charge is 0.268 e. The number of nitrogens with two attached hydrogens (primary N) is 1. The van der Waals surface area contributed by atoms with Crippen LogP contribution in [0.5, 0.6) is 0 Å². The van der Waals surface area contributed by atoms with Crippen molar-refractivity contribution in [2.24, 2.45) is 16.3 Å². The summed E-state index contributed by atoms with van der Waals surface area (Å²) < 4.78 is 28.9. The Morgan fingerprint density at radius 1 is 1.17 bits per heavy atom. The van der Waals surface area contributed by atoms with Crippen LogP contribution in [-0.2, 0) is 16.4 Å². The molecular formula is C22H25N5O2S. The minimum Gasteiger partial charge on any atom is -0.369 e. The third-order valence-electron chi connectivity index (χ3n) is 5.35. The van der Waals surface area contributed by atoms with Crippen LogP contribution in [-0.4, -0.2) is 24.1 Å².